The smallest absolute Gasteiger partial charge is 0.0743 e. The second-order valence-electron chi connectivity index (χ2n) is 5.09. The van der Waals surface area contributed by atoms with Crippen LogP contribution in [0.5, 0.6) is 0 Å². The van der Waals surface area contributed by atoms with E-state index in [-0.39, 0.29) is 12.1 Å². The maximum atomic E-state index is 9.99. The average Bonchev–Trinajstić information content (AvgIpc) is 2.16. The van der Waals surface area contributed by atoms with Crippen LogP contribution in [0.2, 0.25) is 0 Å². The Morgan fingerprint density at radius 2 is 2.00 bits per heavy atom. The van der Waals surface area contributed by atoms with E-state index in [1.807, 2.05) is 6.92 Å². The molecular weight excluding hydrogens is 190 g/mol. The van der Waals surface area contributed by atoms with E-state index in [2.05, 4.69) is 12.2 Å². The summed E-state index contributed by atoms with van der Waals surface area (Å²) in [4.78, 5) is 0. The molecule has 90 valence electrons. The van der Waals surface area contributed by atoms with Crippen molar-refractivity contribution >= 4 is 0 Å². The zero-order valence-corrected chi connectivity index (χ0v) is 10.00. The van der Waals surface area contributed by atoms with Gasteiger partial charge in [0, 0.05) is 12.6 Å². The highest BCUT2D eigenvalue weighted by Crippen LogP contribution is 2.19. The van der Waals surface area contributed by atoms with E-state index in [1.165, 1.54) is 6.42 Å². The lowest BCUT2D eigenvalue weighted by atomic mass is 9.91. The van der Waals surface area contributed by atoms with E-state index >= 15 is 0 Å². The summed E-state index contributed by atoms with van der Waals surface area (Å²) in [5.41, 5.74) is -0.633. The highest BCUT2D eigenvalue weighted by molar-refractivity contribution is 4.84. The summed E-state index contributed by atoms with van der Waals surface area (Å²) >= 11 is 0. The quantitative estimate of drug-likeness (QED) is 0.650. The Balaban J connectivity index is 2.28. The molecule has 1 unspecified atom stereocenters. The predicted molar refractivity (Wildman–Crippen MR) is 61.8 cm³/mol. The van der Waals surface area contributed by atoms with Gasteiger partial charge in [0.2, 0.25) is 0 Å². The molecular formula is C12H25NO2. The van der Waals surface area contributed by atoms with Gasteiger partial charge in [0.15, 0.2) is 0 Å². The van der Waals surface area contributed by atoms with E-state index in [4.69, 9.17) is 0 Å². The van der Waals surface area contributed by atoms with Gasteiger partial charge >= 0.3 is 0 Å². The highest BCUT2D eigenvalue weighted by atomic mass is 16.3. The van der Waals surface area contributed by atoms with Crippen LogP contribution in [-0.4, -0.2) is 34.5 Å². The van der Waals surface area contributed by atoms with Crippen molar-refractivity contribution in [3.8, 4) is 0 Å². The topological polar surface area (TPSA) is 52.5 Å². The van der Waals surface area contributed by atoms with Gasteiger partial charge in [0.1, 0.15) is 0 Å². The molecule has 15 heavy (non-hydrogen) atoms. The first-order chi connectivity index (χ1) is 7.05. The van der Waals surface area contributed by atoms with Crippen LogP contribution in [0, 0.1) is 0 Å². The van der Waals surface area contributed by atoms with Gasteiger partial charge < -0.3 is 15.5 Å². The standard InChI is InChI=1S/C12H25NO2/c1-3-8-12(2,15)9-13-10-6-4-5-7-11(10)14/h10-11,13-15H,3-9H2,1-2H3/t10-,11-,12?/m0/s1. The van der Waals surface area contributed by atoms with Crippen LogP contribution in [-0.2, 0) is 0 Å². The van der Waals surface area contributed by atoms with Gasteiger partial charge in [-0.2, -0.15) is 0 Å². The van der Waals surface area contributed by atoms with Crippen LogP contribution >= 0.6 is 0 Å². The van der Waals surface area contributed by atoms with Crippen molar-refractivity contribution in [1.29, 1.82) is 0 Å². The number of hydrogen-bond donors (Lipinski definition) is 3. The molecule has 0 aromatic carbocycles. The van der Waals surface area contributed by atoms with Crippen molar-refractivity contribution in [1.82, 2.24) is 5.32 Å². The lowest BCUT2D eigenvalue weighted by molar-refractivity contribution is 0.0306. The van der Waals surface area contributed by atoms with Crippen LogP contribution in [0.4, 0.5) is 0 Å². The molecule has 0 bridgehead atoms. The molecule has 0 radical (unpaired) electrons. The second-order valence-corrected chi connectivity index (χ2v) is 5.09. The molecule has 0 aromatic heterocycles. The number of nitrogens with one attached hydrogen (secondary N) is 1. The molecule has 0 aromatic rings. The van der Waals surface area contributed by atoms with Gasteiger partial charge in [0.05, 0.1) is 11.7 Å². The van der Waals surface area contributed by atoms with Gasteiger partial charge in [-0.25, -0.2) is 0 Å². The Hall–Kier alpha value is -0.120. The van der Waals surface area contributed by atoms with E-state index < -0.39 is 5.60 Å². The monoisotopic (exact) mass is 215 g/mol. The molecule has 1 rings (SSSR count). The van der Waals surface area contributed by atoms with Crippen LogP contribution in [0.1, 0.15) is 52.4 Å². The molecule has 0 heterocycles. The summed E-state index contributed by atoms with van der Waals surface area (Å²) in [6, 6.07) is 0.182. The molecule has 3 N–H and O–H groups in total. The number of aliphatic hydroxyl groups excluding tert-OH is 1. The Bertz CT molecular complexity index is 182. The zero-order chi connectivity index (χ0) is 11.3. The van der Waals surface area contributed by atoms with Gasteiger partial charge in [-0.1, -0.05) is 26.2 Å². The Morgan fingerprint density at radius 1 is 1.33 bits per heavy atom. The largest absolute Gasteiger partial charge is 0.392 e. The summed E-state index contributed by atoms with van der Waals surface area (Å²) in [5, 5.41) is 23.0. The predicted octanol–water partition coefficient (Wildman–Crippen LogP) is 1.43. The minimum absolute atomic E-state index is 0.182. The van der Waals surface area contributed by atoms with Crippen molar-refractivity contribution < 1.29 is 10.2 Å². The summed E-state index contributed by atoms with van der Waals surface area (Å²) in [7, 11) is 0. The molecule has 3 nitrogen and oxygen atoms in total. The minimum Gasteiger partial charge on any atom is -0.392 e. The molecule has 1 fully saturated rings. The molecule has 1 aliphatic rings. The van der Waals surface area contributed by atoms with E-state index in [1.54, 1.807) is 0 Å². The first kappa shape index (κ1) is 12.9. The molecule has 0 aliphatic heterocycles. The zero-order valence-electron chi connectivity index (χ0n) is 10.00. The lowest BCUT2D eigenvalue weighted by Gasteiger charge is -2.32. The van der Waals surface area contributed by atoms with Crippen molar-refractivity contribution in [2.45, 2.75) is 70.1 Å². The minimum atomic E-state index is -0.633. The van der Waals surface area contributed by atoms with E-state index in [0.717, 1.165) is 32.1 Å². The Labute approximate surface area is 92.9 Å². The number of aliphatic hydroxyl groups is 2. The van der Waals surface area contributed by atoms with Gasteiger partial charge in [-0.05, 0) is 26.2 Å². The Kier molecular flexibility index (Phi) is 5.03. The fraction of sp³-hybridized carbons (Fsp3) is 1.00. The van der Waals surface area contributed by atoms with Crippen LogP contribution in [0.15, 0.2) is 0 Å². The molecule has 0 saturated heterocycles. The van der Waals surface area contributed by atoms with E-state index in [0.29, 0.717) is 6.54 Å². The average molecular weight is 215 g/mol. The third kappa shape index (κ3) is 4.49. The summed E-state index contributed by atoms with van der Waals surface area (Å²) in [5.74, 6) is 0. The second kappa shape index (κ2) is 5.83. The molecule has 3 heteroatoms. The third-order valence-corrected chi connectivity index (χ3v) is 3.26. The van der Waals surface area contributed by atoms with Crippen LogP contribution in [0.25, 0.3) is 0 Å². The fourth-order valence-corrected chi connectivity index (χ4v) is 2.33. The van der Waals surface area contributed by atoms with Gasteiger partial charge in [-0.15, -0.1) is 0 Å². The molecule has 0 amide bonds. The van der Waals surface area contributed by atoms with Gasteiger partial charge in [-0.3, -0.25) is 0 Å². The van der Waals surface area contributed by atoms with Crippen LogP contribution < -0.4 is 5.32 Å². The van der Waals surface area contributed by atoms with Crippen molar-refractivity contribution in [3.05, 3.63) is 0 Å². The van der Waals surface area contributed by atoms with Crippen molar-refractivity contribution in [3.63, 3.8) is 0 Å². The third-order valence-electron chi connectivity index (χ3n) is 3.26. The van der Waals surface area contributed by atoms with Crippen LogP contribution in [0.3, 0.4) is 0 Å². The van der Waals surface area contributed by atoms with Crippen molar-refractivity contribution in [2.24, 2.45) is 0 Å². The van der Waals surface area contributed by atoms with Gasteiger partial charge in [0.25, 0.3) is 0 Å². The maximum absolute atomic E-state index is 9.99. The lowest BCUT2D eigenvalue weighted by Crippen LogP contribution is -2.48. The molecule has 3 atom stereocenters. The van der Waals surface area contributed by atoms with E-state index in [9.17, 15) is 10.2 Å². The Morgan fingerprint density at radius 3 is 2.60 bits per heavy atom. The summed E-state index contributed by atoms with van der Waals surface area (Å²) in [6.07, 6.45) is 5.81. The highest BCUT2D eigenvalue weighted by Gasteiger charge is 2.26. The first-order valence-electron chi connectivity index (χ1n) is 6.19. The summed E-state index contributed by atoms with van der Waals surface area (Å²) < 4.78 is 0. The fourth-order valence-electron chi connectivity index (χ4n) is 2.33. The van der Waals surface area contributed by atoms with Crippen molar-refractivity contribution in [2.75, 3.05) is 6.54 Å². The molecule has 1 aliphatic carbocycles. The number of hydrogen-bond acceptors (Lipinski definition) is 3. The molecule has 0 spiro atoms. The SMILES string of the molecule is CCCC(C)(O)CN[C@H]1CCCC[C@@H]1O. The molecule has 1 saturated carbocycles. The maximum Gasteiger partial charge on any atom is 0.0743 e. The first-order valence-corrected chi connectivity index (χ1v) is 6.19. The number of rotatable bonds is 5. The summed E-state index contributed by atoms with van der Waals surface area (Å²) in [6.45, 7) is 4.52. The normalized spacial score (nSPS) is 31.2.